The lowest BCUT2D eigenvalue weighted by molar-refractivity contribution is 0.233. The maximum absolute atomic E-state index is 11.4. The van der Waals surface area contributed by atoms with Crippen molar-refractivity contribution in [3.05, 3.63) is 0 Å². The highest BCUT2D eigenvalue weighted by Crippen LogP contribution is 2.32. The van der Waals surface area contributed by atoms with Crippen LogP contribution in [0.4, 0.5) is 0 Å². The predicted octanol–water partition coefficient (Wildman–Crippen LogP) is 2.75. The number of hydrogen-bond acceptors (Lipinski definition) is 3. The Morgan fingerprint density at radius 1 is 1.17 bits per heavy atom. The Morgan fingerprint density at radius 2 is 1.78 bits per heavy atom. The van der Waals surface area contributed by atoms with Crippen molar-refractivity contribution in [3.8, 4) is 0 Å². The summed E-state index contributed by atoms with van der Waals surface area (Å²) in [5.41, 5.74) is 6.21. The van der Waals surface area contributed by atoms with Gasteiger partial charge in [-0.1, -0.05) is 33.1 Å². The molecule has 1 atom stereocenters. The van der Waals surface area contributed by atoms with Crippen LogP contribution in [0.25, 0.3) is 0 Å². The van der Waals surface area contributed by atoms with Gasteiger partial charge in [-0.25, -0.2) is 8.42 Å². The fraction of sp³-hybridized carbons (Fsp3) is 1.00. The second kappa shape index (κ2) is 7.49. The maximum atomic E-state index is 11.4. The van der Waals surface area contributed by atoms with Crippen molar-refractivity contribution in [3.63, 3.8) is 0 Å². The molecule has 0 bridgehead atoms. The van der Waals surface area contributed by atoms with Crippen LogP contribution < -0.4 is 5.73 Å². The molecule has 0 aromatic carbocycles. The predicted molar refractivity (Wildman–Crippen MR) is 77.3 cm³/mol. The SMILES string of the molecule is CCC1CCC(C(N)CCCS(=O)(=O)CC)CC1. The Hall–Kier alpha value is -0.0900. The average Bonchev–Trinajstić information content (AvgIpc) is 2.38. The molecule has 1 unspecified atom stereocenters. The largest absolute Gasteiger partial charge is 0.327 e. The molecule has 0 spiro atoms. The average molecular weight is 275 g/mol. The molecular formula is C14H29NO2S. The summed E-state index contributed by atoms with van der Waals surface area (Å²) in [7, 11) is -2.81. The summed E-state index contributed by atoms with van der Waals surface area (Å²) in [6, 6.07) is 0.204. The quantitative estimate of drug-likeness (QED) is 0.777. The summed E-state index contributed by atoms with van der Waals surface area (Å²) in [6.45, 7) is 3.97. The molecule has 1 aliphatic carbocycles. The van der Waals surface area contributed by atoms with Gasteiger partial charge in [0.05, 0.1) is 5.75 Å². The summed E-state index contributed by atoms with van der Waals surface area (Å²) in [5, 5.41) is 0. The molecule has 1 fully saturated rings. The second-order valence-electron chi connectivity index (χ2n) is 5.73. The number of sulfone groups is 1. The smallest absolute Gasteiger partial charge is 0.150 e. The van der Waals surface area contributed by atoms with Crippen molar-refractivity contribution in [2.45, 2.75) is 64.8 Å². The van der Waals surface area contributed by atoms with E-state index in [4.69, 9.17) is 5.73 Å². The van der Waals surface area contributed by atoms with Gasteiger partial charge in [0.2, 0.25) is 0 Å². The van der Waals surface area contributed by atoms with Gasteiger partial charge in [0.1, 0.15) is 9.84 Å². The molecule has 0 aromatic rings. The monoisotopic (exact) mass is 275 g/mol. The zero-order valence-corrected chi connectivity index (χ0v) is 12.7. The Labute approximate surface area is 112 Å². The highest BCUT2D eigenvalue weighted by Gasteiger charge is 2.24. The molecule has 1 aliphatic rings. The number of rotatable bonds is 7. The third-order valence-electron chi connectivity index (χ3n) is 4.51. The minimum absolute atomic E-state index is 0.204. The van der Waals surface area contributed by atoms with Gasteiger partial charge in [-0.15, -0.1) is 0 Å². The van der Waals surface area contributed by atoms with E-state index in [1.807, 2.05) is 0 Å². The minimum Gasteiger partial charge on any atom is -0.327 e. The van der Waals surface area contributed by atoms with Crippen LogP contribution in [-0.2, 0) is 9.84 Å². The van der Waals surface area contributed by atoms with Gasteiger partial charge in [0, 0.05) is 11.8 Å². The molecule has 1 rings (SSSR count). The Balaban J connectivity index is 2.23. The summed E-state index contributed by atoms with van der Waals surface area (Å²) in [4.78, 5) is 0. The molecule has 18 heavy (non-hydrogen) atoms. The first-order valence-electron chi connectivity index (χ1n) is 7.44. The van der Waals surface area contributed by atoms with Crippen LogP contribution in [0.15, 0.2) is 0 Å². The lowest BCUT2D eigenvalue weighted by atomic mass is 9.77. The third kappa shape index (κ3) is 5.27. The molecule has 0 aromatic heterocycles. The second-order valence-corrected chi connectivity index (χ2v) is 8.20. The first-order chi connectivity index (χ1) is 8.48. The van der Waals surface area contributed by atoms with Gasteiger partial charge in [0.15, 0.2) is 0 Å². The zero-order chi connectivity index (χ0) is 13.6. The van der Waals surface area contributed by atoms with Gasteiger partial charge in [-0.05, 0) is 37.5 Å². The van der Waals surface area contributed by atoms with Crippen molar-refractivity contribution in [1.82, 2.24) is 0 Å². The molecule has 0 radical (unpaired) electrons. The van der Waals surface area contributed by atoms with E-state index in [0.717, 1.165) is 18.8 Å². The van der Waals surface area contributed by atoms with Crippen LogP contribution >= 0.6 is 0 Å². The molecule has 3 nitrogen and oxygen atoms in total. The van der Waals surface area contributed by atoms with Crippen molar-refractivity contribution in [2.24, 2.45) is 17.6 Å². The fourth-order valence-electron chi connectivity index (χ4n) is 2.94. The zero-order valence-electron chi connectivity index (χ0n) is 11.9. The summed E-state index contributed by atoms with van der Waals surface area (Å²) >= 11 is 0. The van der Waals surface area contributed by atoms with E-state index in [9.17, 15) is 8.42 Å². The molecular weight excluding hydrogens is 246 g/mol. The van der Waals surface area contributed by atoms with E-state index in [0.29, 0.717) is 11.7 Å². The Kier molecular flexibility index (Phi) is 6.64. The van der Waals surface area contributed by atoms with Crippen molar-refractivity contribution in [1.29, 1.82) is 0 Å². The standard InChI is InChI=1S/C14H29NO2S/c1-3-12-7-9-13(10-8-12)14(15)6-5-11-18(16,17)4-2/h12-14H,3-11,15H2,1-2H3. The van der Waals surface area contributed by atoms with Gasteiger partial charge >= 0.3 is 0 Å². The van der Waals surface area contributed by atoms with E-state index in [1.165, 1.54) is 32.1 Å². The van der Waals surface area contributed by atoms with Crippen LogP contribution in [0.2, 0.25) is 0 Å². The van der Waals surface area contributed by atoms with Gasteiger partial charge < -0.3 is 5.73 Å². The van der Waals surface area contributed by atoms with Crippen molar-refractivity contribution < 1.29 is 8.42 Å². The van der Waals surface area contributed by atoms with E-state index in [-0.39, 0.29) is 11.8 Å². The van der Waals surface area contributed by atoms with E-state index >= 15 is 0 Å². The van der Waals surface area contributed by atoms with Crippen LogP contribution in [0.3, 0.4) is 0 Å². The van der Waals surface area contributed by atoms with Gasteiger partial charge in [-0.2, -0.15) is 0 Å². The molecule has 0 amide bonds. The van der Waals surface area contributed by atoms with Gasteiger partial charge in [0.25, 0.3) is 0 Å². The number of hydrogen-bond donors (Lipinski definition) is 1. The molecule has 108 valence electrons. The Morgan fingerprint density at radius 3 is 2.28 bits per heavy atom. The summed E-state index contributed by atoms with van der Waals surface area (Å²) < 4.78 is 22.8. The van der Waals surface area contributed by atoms with Crippen LogP contribution in [-0.4, -0.2) is 26.0 Å². The third-order valence-corrected chi connectivity index (χ3v) is 6.30. The molecule has 4 heteroatoms. The lowest BCUT2D eigenvalue weighted by Gasteiger charge is -2.31. The first-order valence-corrected chi connectivity index (χ1v) is 9.26. The highest BCUT2D eigenvalue weighted by atomic mass is 32.2. The molecule has 0 aliphatic heterocycles. The minimum atomic E-state index is -2.81. The van der Waals surface area contributed by atoms with Gasteiger partial charge in [-0.3, -0.25) is 0 Å². The van der Waals surface area contributed by atoms with Crippen LogP contribution in [0.1, 0.15) is 58.8 Å². The van der Waals surface area contributed by atoms with Crippen LogP contribution in [0, 0.1) is 11.8 Å². The fourth-order valence-corrected chi connectivity index (χ4v) is 3.84. The highest BCUT2D eigenvalue weighted by molar-refractivity contribution is 7.91. The molecule has 0 heterocycles. The number of nitrogens with two attached hydrogens (primary N) is 1. The normalized spacial score (nSPS) is 27.1. The van der Waals surface area contributed by atoms with E-state index in [2.05, 4.69) is 6.92 Å². The van der Waals surface area contributed by atoms with Crippen LogP contribution in [0.5, 0.6) is 0 Å². The van der Waals surface area contributed by atoms with Crippen molar-refractivity contribution in [2.75, 3.05) is 11.5 Å². The molecule has 0 saturated heterocycles. The maximum Gasteiger partial charge on any atom is 0.150 e. The molecule has 1 saturated carbocycles. The summed E-state index contributed by atoms with van der Waals surface area (Å²) in [5.74, 6) is 2.08. The summed E-state index contributed by atoms with van der Waals surface area (Å²) in [6.07, 6.45) is 7.97. The lowest BCUT2D eigenvalue weighted by Crippen LogP contribution is -2.33. The van der Waals surface area contributed by atoms with E-state index in [1.54, 1.807) is 6.92 Å². The molecule has 2 N–H and O–H groups in total. The van der Waals surface area contributed by atoms with E-state index < -0.39 is 9.84 Å². The topological polar surface area (TPSA) is 60.2 Å². The Bertz CT molecular complexity index is 319. The first kappa shape index (κ1) is 16.0. The van der Waals surface area contributed by atoms with Crippen molar-refractivity contribution >= 4 is 9.84 Å².